The molecule has 0 unspecified atom stereocenters. The number of likely N-dealkylation sites (tertiary alicyclic amines) is 1. The Kier molecular flexibility index (Phi) is 8.52. The van der Waals surface area contributed by atoms with Crippen molar-refractivity contribution in [2.75, 3.05) is 49.5 Å². The van der Waals surface area contributed by atoms with Crippen LogP contribution in [-0.4, -0.2) is 66.8 Å². The van der Waals surface area contributed by atoms with Crippen molar-refractivity contribution in [1.29, 1.82) is 0 Å². The maximum Gasteiger partial charge on any atom is 0.257 e. The van der Waals surface area contributed by atoms with Crippen molar-refractivity contribution in [1.82, 2.24) is 9.80 Å². The predicted molar refractivity (Wildman–Crippen MR) is 144 cm³/mol. The summed E-state index contributed by atoms with van der Waals surface area (Å²) in [5.74, 6) is 0.184. The molecular weight excluding hydrogens is 476 g/mol. The molecule has 3 amide bonds. The molecule has 0 spiro atoms. The van der Waals surface area contributed by atoms with E-state index in [1.807, 2.05) is 21.9 Å². The molecule has 2 aromatic rings. The lowest BCUT2D eigenvalue weighted by Gasteiger charge is -2.38. The van der Waals surface area contributed by atoms with E-state index in [4.69, 9.17) is 11.6 Å². The molecule has 2 saturated heterocycles. The number of piperidine rings is 1. The number of nitrogens with zero attached hydrogens (tertiary/aromatic N) is 3. The van der Waals surface area contributed by atoms with Crippen LogP contribution in [0.15, 0.2) is 42.5 Å². The summed E-state index contributed by atoms with van der Waals surface area (Å²) < 4.78 is 0. The lowest BCUT2D eigenvalue weighted by atomic mass is 10.0. The Morgan fingerprint density at radius 3 is 2.22 bits per heavy atom. The van der Waals surface area contributed by atoms with Crippen molar-refractivity contribution < 1.29 is 14.4 Å². The Balaban J connectivity index is 1.56. The topological polar surface area (TPSA) is 73.0 Å². The van der Waals surface area contributed by atoms with E-state index in [0.717, 1.165) is 38.0 Å². The number of amides is 3. The highest BCUT2D eigenvalue weighted by molar-refractivity contribution is 6.34. The van der Waals surface area contributed by atoms with Crippen LogP contribution in [0.2, 0.25) is 5.02 Å². The highest BCUT2D eigenvalue weighted by atomic mass is 35.5. The molecule has 0 atom stereocenters. The normalized spacial score (nSPS) is 16.3. The molecule has 36 heavy (non-hydrogen) atoms. The Bertz CT molecular complexity index is 1110. The first-order valence-corrected chi connectivity index (χ1v) is 13.2. The van der Waals surface area contributed by atoms with E-state index >= 15 is 0 Å². The van der Waals surface area contributed by atoms with Crippen LogP contribution in [0, 0.1) is 5.92 Å². The monoisotopic (exact) mass is 510 g/mol. The summed E-state index contributed by atoms with van der Waals surface area (Å²) in [7, 11) is 0. The Labute approximate surface area is 218 Å². The molecule has 1 N–H and O–H groups in total. The molecule has 2 fully saturated rings. The average Bonchev–Trinajstić information content (AvgIpc) is 2.88. The van der Waals surface area contributed by atoms with Crippen LogP contribution in [-0.2, 0) is 4.79 Å². The molecule has 4 rings (SSSR count). The van der Waals surface area contributed by atoms with E-state index in [1.165, 1.54) is 0 Å². The molecule has 0 aliphatic carbocycles. The van der Waals surface area contributed by atoms with Crippen LogP contribution in [0.1, 0.15) is 60.2 Å². The van der Waals surface area contributed by atoms with Gasteiger partial charge in [-0.15, -0.1) is 0 Å². The fourth-order valence-electron chi connectivity index (χ4n) is 4.85. The van der Waals surface area contributed by atoms with Crippen LogP contribution < -0.4 is 10.2 Å². The first kappa shape index (κ1) is 26.0. The third-order valence-electron chi connectivity index (χ3n) is 6.80. The van der Waals surface area contributed by atoms with Gasteiger partial charge in [0, 0.05) is 57.1 Å². The summed E-state index contributed by atoms with van der Waals surface area (Å²) in [5, 5.41) is 3.28. The second-order valence-corrected chi connectivity index (χ2v) is 10.4. The number of hydrogen-bond acceptors (Lipinski definition) is 4. The standard InChI is InChI=1S/C28H35ClN4O3/c1-20(2)18-26(34)32-16-14-31(15-17-32)25-11-10-21(30-27(35)22-8-4-5-9-24(22)29)19-23(25)28(36)33-12-6-3-7-13-33/h4-5,8-11,19-20H,3,6-7,12-18H2,1-2H3,(H,30,35). The van der Waals surface area contributed by atoms with Crippen LogP contribution in [0.25, 0.3) is 0 Å². The minimum absolute atomic E-state index is 0.0168. The summed E-state index contributed by atoms with van der Waals surface area (Å²) in [5.41, 5.74) is 2.36. The zero-order chi connectivity index (χ0) is 25.7. The van der Waals surface area contributed by atoms with Gasteiger partial charge in [0.1, 0.15) is 0 Å². The van der Waals surface area contributed by atoms with E-state index in [2.05, 4.69) is 24.1 Å². The summed E-state index contributed by atoms with van der Waals surface area (Å²) in [6.07, 6.45) is 3.69. The number of anilines is 2. The lowest BCUT2D eigenvalue weighted by molar-refractivity contribution is -0.132. The van der Waals surface area contributed by atoms with Gasteiger partial charge in [-0.1, -0.05) is 37.6 Å². The van der Waals surface area contributed by atoms with Crippen LogP contribution in [0.5, 0.6) is 0 Å². The van der Waals surface area contributed by atoms with Gasteiger partial charge < -0.3 is 20.0 Å². The smallest absolute Gasteiger partial charge is 0.257 e. The number of hydrogen-bond donors (Lipinski definition) is 1. The van der Waals surface area contributed by atoms with E-state index < -0.39 is 0 Å². The molecule has 2 aliphatic heterocycles. The van der Waals surface area contributed by atoms with Gasteiger partial charge in [-0.2, -0.15) is 0 Å². The minimum Gasteiger partial charge on any atom is -0.367 e. The number of rotatable bonds is 6. The van der Waals surface area contributed by atoms with E-state index in [0.29, 0.717) is 60.4 Å². The zero-order valence-corrected chi connectivity index (χ0v) is 21.9. The summed E-state index contributed by atoms with van der Waals surface area (Å²) in [4.78, 5) is 45.0. The van der Waals surface area contributed by atoms with Crippen molar-refractivity contribution in [3.05, 3.63) is 58.6 Å². The molecular formula is C28H35ClN4O3. The molecule has 8 heteroatoms. The Morgan fingerprint density at radius 2 is 1.56 bits per heavy atom. The first-order valence-electron chi connectivity index (χ1n) is 12.9. The fourth-order valence-corrected chi connectivity index (χ4v) is 5.07. The van der Waals surface area contributed by atoms with Gasteiger partial charge in [0.2, 0.25) is 5.91 Å². The second-order valence-electron chi connectivity index (χ2n) is 9.98. The van der Waals surface area contributed by atoms with Gasteiger partial charge in [-0.05, 0) is 55.5 Å². The molecule has 0 radical (unpaired) electrons. The summed E-state index contributed by atoms with van der Waals surface area (Å²) in [6, 6.07) is 12.4. The number of piperazine rings is 1. The third-order valence-corrected chi connectivity index (χ3v) is 7.13. The van der Waals surface area contributed by atoms with E-state index in [-0.39, 0.29) is 17.7 Å². The predicted octanol–water partition coefficient (Wildman–Crippen LogP) is 4.91. The molecule has 2 heterocycles. The minimum atomic E-state index is -0.318. The van der Waals surface area contributed by atoms with Gasteiger partial charge in [0.05, 0.1) is 16.1 Å². The fraction of sp³-hybridized carbons (Fsp3) is 0.464. The number of halogens is 1. The van der Waals surface area contributed by atoms with Crippen LogP contribution in [0.3, 0.4) is 0 Å². The van der Waals surface area contributed by atoms with Gasteiger partial charge in [0.25, 0.3) is 11.8 Å². The van der Waals surface area contributed by atoms with Gasteiger partial charge in [0.15, 0.2) is 0 Å². The van der Waals surface area contributed by atoms with Crippen LogP contribution in [0.4, 0.5) is 11.4 Å². The number of carbonyl (C=O) groups is 3. The lowest BCUT2D eigenvalue weighted by Crippen LogP contribution is -2.49. The highest BCUT2D eigenvalue weighted by Crippen LogP contribution is 2.29. The molecule has 0 bridgehead atoms. The first-order chi connectivity index (χ1) is 17.3. The van der Waals surface area contributed by atoms with E-state index in [9.17, 15) is 14.4 Å². The molecule has 2 aliphatic rings. The average molecular weight is 511 g/mol. The van der Waals surface area contributed by atoms with Crippen molar-refractivity contribution >= 4 is 40.7 Å². The van der Waals surface area contributed by atoms with Crippen molar-refractivity contribution in [2.45, 2.75) is 39.5 Å². The third kappa shape index (κ3) is 6.19. The molecule has 0 saturated carbocycles. The summed E-state index contributed by atoms with van der Waals surface area (Å²) >= 11 is 6.20. The maximum absolute atomic E-state index is 13.6. The summed E-state index contributed by atoms with van der Waals surface area (Å²) in [6.45, 7) is 8.18. The van der Waals surface area contributed by atoms with Gasteiger partial charge in [-0.25, -0.2) is 0 Å². The van der Waals surface area contributed by atoms with Gasteiger partial charge >= 0.3 is 0 Å². The number of benzene rings is 2. The van der Waals surface area contributed by atoms with Crippen molar-refractivity contribution in [3.63, 3.8) is 0 Å². The van der Waals surface area contributed by atoms with Crippen LogP contribution >= 0.6 is 11.6 Å². The molecule has 0 aromatic heterocycles. The quantitative estimate of drug-likeness (QED) is 0.599. The molecule has 2 aromatic carbocycles. The SMILES string of the molecule is CC(C)CC(=O)N1CCN(c2ccc(NC(=O)c3ccccc3Cl)cc2C(=O)N2CCCCC2)CC1. The molecule has 7 nitrogen and oxygen atoms in total. The van der Waals surface area contributed by atoms with Crippen molar-refractivity contribution in [3.8, 4) is 0 Å². The highest BCUT2D eigenvalue weighted by Gasteiger charge is 2.27. The van der Waals surface area contributed by atoms with Gasteiger partial charge in [-0.3, -0.25) is 14.4 Å². The second kappa shape index (κ2) is 11.8. The van der Waals surface area contributed by atoms with E-state index in [1.54, 1.807) is 30.3 Å². The number of carbonyl (C=O) groups excluding carboxylic acids is 3. The Hall–Kier alpha value is -3.06. The number of nitrogens with one attached hydrogen (secondary N) is 1. The zero-order valence-electron chi connectivity index (χ0n) is 21.1. The van der Waals surface area contributed by atoms with Crippen molar-refractivity contribution in [2.24, 2.45) is 5.92 Å². The maximum atomic E-state index is 13.6. The molecule has 192 valence electrons. The Morgan fingerprint density at radius 1 is 0.861 bits per heavy atom. The largest absolute Gasteiger partial charge is 0.367 e.